The quantitative estimate of drug-likeness (QED) is 0.770. The van der Waals surface area contributed by atoms with E-state index >= 15 is 0 Å². The Bertz CT molecular complexity index is 890. The highest BCUT2D eigenvalue weighted by molar-refractivity contribution is 7.16. The van der Waals surface area contributed by atoms with Crippen LogP contribution in [0.4, 0.5) is 13.8 Å². The first kappa shape index (κ1) is 19.1. The number of alkyl halides is 2. The third kappa shape index (κ3) is 4.19. The molecule has 0 fully saturated rings. The molecule has 3 rings (SSSR count). The first-order valence-corrected chi connectivity index (χ1v) is 9.42. The predicted molar refractivity (Wildman–Crippen MR) is 97.9 cm³/mol. The van der Waals surface area contributed by atoms with Gasteiger partial charge in [-0.3, -0.25) is 4.79 Å². The fourth-order valence-corrected chi connectivity index (χ4v) is 4.29. The molecule has 1 heterocycles. The smallest absolute Gasteiger partial charge is 0.387 e. The van der Waals surface area contributed by atoms with Gasteiger partial charge in [-0.1, -0.05) is 0 Å². The molecule has 0 saturated heterocycles. The second-order valence-electron chi connectivity index (χ2n) is 5.95. The van der Waals surface area contributed by atoms with Crippen molar-refractivity contribution in [3.05, 3.63) is 39.8 Å². The lowest BCUT2D eigenvalue weighted by atomic mass is 9.96. The van der Waals surface area contributed by atoms with Gasteiger partial charge in [-0.2, -0.15) is 14.0 Å². The van der Waals surface area contributed by atoms with Crippen molar-refractivity contribution in [1.29, 1.82) is 5.26 Å². The molecular formula is C19H18F2N2O3S. The fourth-order valence-electron chi connectivity index (χ4n) is 3.06. The maximum absolute atomic E-state index is 12.6. The summed E-state index contributed by atoms with van der Waals surface area (Å²) in [4.78, 5) is 13.8. The molecule has 0 atom stereocenters. The summed E-state index contributed by atoms with van der Waals surface area (Å²) in [5.41, 5.74) is 1.78. The molecule has 1 aromatic carbocycles. The molecule has 1 aromatic heterocycles. The molecule has 8 heteroatoms. The number of carbonyl (C=O) groups is 1. The number of rotatable bonds is 6. The van der Waals surface area contributed by atoms with Gasteiger partial charge in [0.2, 0.25) is 0 Å². The van der Waals surface area contributed by atoms with Crippen LogP contribution in [0, 0.1) is 11.3 Å². The summed E-state index contributed by atoms with van der Waals surface area (Å²) >= 11 is 1.43. The average Bonchev–Trinajstić information content (AvgIpc) is 2.99. The average molecular weight is 392 g/mol. The molecule has 0 bridgehead atoms. The Kier molecular flexibility index (Phi) is 5.91. The van der Waals surface area contributed by atoms with E-state index in [4.69, 9.17) is 4.74 Å². The highest BCUT2D eigenvalue weighted by atomic mass is 32.1. The van der Waals surface area contributed by atoms with Crippen LogP contribution in [0.2, 0.25) is 0 Å². The van der Waals surface area contributed by atoms with E-state index in [9.17, 15) is 18.8 Å². The van der Waals surface area contributed by atoms with Crippen molar-refractivity contribution >= 4 is 22.2 Å². The monoisotopic (exact) mass is 392 g/mol. The molecule has 27 heavy (non-hydrogen) atoms. The molecule has 0 unspecified atom stereocenters. The van der Waals surface area contributed by atoms with Crippen LogP contribution in [0.25, 0.3) is 0 Å². The minimum Gasteiger partial charge on any atom is -0.490 e. The minimum absolute atomic E-state index is 0.0661. The van der Waals surface area contributed by atoms with Crippen molar-refractivity contribution in [1.82, 2.24) is 0 Å². The maximum Gasteiger partial charge on any atom is 0.387 e. The fraction of sp³-hybridized carbons (Fsp3) is 0.368. The number of benzene rings is 1. The van der Waals surface area contributed by atoms with Crippen molar-refractivity contribution in [2.24, 2.45) is 0 Å². The van der Waals surface area contributed by atoms with E-state index in [-0.39, 0.29) is 23.7 Å². The molecule has 1 aliphatic rings. The number of carbonyl (C=O) groups excluding carboxylic acids is 1. The molecule has 5 nitrogen and oxygen atoms in total. The molecule has 0 spiro atoms. The van der Waals surface area contributed by atoms with Crippen LogP contribution < -0.4 is 14.8 Å². The number of nitrogens with one attached hydrogen (secondary N) is 1. The zero-order chi connectivity index (χ0) is 19.4. The lowest BCUT2D eigenvalue weighted by Crippen LogP contribution is -2.13. The number of nitrogens with zero attached hydrogens (tertiary/aromatic N) is 1. The van der Waals surface area contributed by atoms with Crippen LogP contribution in [0.1, 0.15) is 46.1 Å². The SMILES string of the molecule is CCOc1cc(C(=O)Nc2sc3c(c2C#N)CCCC3)ccc1OC(F)F. The lowest BCUT2D eigenvalue weighted by Gasteiger charge is -2.12. The van der Waals surface area contributed by atoms with Gasteiger partial charge in [0.1, 0.15) is 11.1 Å². The number of amides is 1. The number of hydrogen-bond donors (Lipinski definition) is 1. The van der Waals surface area contributed by atoms with Crippen LogP contribution in [0.15, 0.2) is 18.2 Å². The Morgan fingerprint density at radius 1 is 1.33 bits per heavy atom. The molecule has 1 amide bonds. The molecule has 2 aromatic rings. The van der Waals surface area contributed by atoms with Gasteiger partial charge < -0.3 is 14.8 Å². The van der Waals surface area contributed by atoms with E-state index in [0.717, 1.165) is 36.1 Å². The molecule has 142 valence electrons. The zero-order valence-electron chi connectivity index (χ0n) is 14.7. The third-order valence-corrected chi connectivity index (χ3v) is 5.44. The normalized spacial score (nSPS) is 13.0. The molecule has 1 N–H and O–H groups in total. The number of anilines is 1. The summed E-state index contributed by atoms with van der Waals surface area (Å²) in [6.45, 7) is -1.05. The van der Waals surface area contributed by atoms with E-state index in [2.05, 4.69) is 16.1 Å². The van der Waals surface area contributed by atoms with Crippen molar-refractivity contribution < 1.29 is 23.0 Å². The van der Waals surface area contributed by atoms with Gasteiger partial charge in [0.05, 0.1) is 12.2 Å². The van der Waals surface area contributed by atoms with Gasteiger partial charge in [0, 0.05) is 10.4 Å². The van der Waals surface area contributed by atoms with E-state index in [1.807, 2.05) is 0 Å². The largest absolute Gasteiger partial charge is 0.490 e. The minimum atomic E-state index is -2.99. The predicted octanol–water partition coefficient (Wildman–Crippen LogP) is 4.75. The Morgan fingerprint density at radius 2 is 2.11 bits per heavy atom. The van der Waals surface area contributed by atoms with E-state index in [1.165, 1.54) is 29.5 Å². The molecule has 0 radical (unpaired) electrons. The topological polar surface area (TPSA) is 71.3 Å². The van der Waals surface area contributed by atoms with Crippen LogP contribution in [-0.4, -0.2) is 19.1 Å². The standard InChI is InChI=1S/C19H18F2N2O3S/c1-2-25-15-9-11(7-8-14(15)26-19(20)21)17(24)23-18-13(10-22)12-5-3-4-6-16(12)27-18/h7-9,19H,2-6H2,1H3,(H,23,24). The molecular weight excluding hydrogens is 374 g/mol. The van der Waals surface area contributed by atoms with Crippen LogP contribution >= 0.6 is 11.3 Å². The highest BCUT2D eigenvalue weighted by Gasteiger charge is 2.22. The number of aryl methyl sites for hydroxylation is 1. The Balaban J connectivity index is 1.85. The van der Waals surface area contributed by atoms with Crippen molar-refractivity contribution in [3.63, 3.8) is 0 Å². The molecule has 1 aliphatic carbocycles. The van der Waals surface area contributed by atoms with Gasteiger partial charge in [-0.25, -0.2) is 0 Å². The van der Waals surface area contributed by atoms with Crippen molar-refractivity contribution in [2.75, 3.05) is 11.9 Å². The summed E-state index contributed by atoms with van der Waals surface area (Å²) in [5.74, 6) is -0.501. The summed E-state index contributed by atoms with van der Waals surface area (Å²) in [7, 11) is 0. The number of thiophene rings is 1. The first-order valence-electron chi connectivity index (χ1n) is 8.61. The Morgan fingerprint density at radius 3 is 2.81 bits per heavy atom. The lowest BCUT2D eigenvalue weighted by molar-refractivity contribution is -0.0514. The van der Waals surface area contributed by atoms with Crippen LogP contribution in [0.5, 0.6) is 11.5 Å². The number of hydrogen-bond acceptors (Lipinski definition) is 5. The van der Waals surface area contributed by atoms with Gasteiger partial charge in [-0.05, 0) is 56.4 Å². The van der Waals surface area contributed by atoms with E-state index < -0.39 is 12.5 Å². The van der Waals surface area contributed by atoms with E-state index in [0.29, 0.717) is 10.6 Å². The summed E-state index contributed by atoms with van der Waals surface area (Å²) in [6, 6.07) is 6.21. The van der Waals surface area contributed by atoms with Gasteiger partial charge in [0.25, 0.3) is 5.91 Å². The van der Waals surface area contributed by atoms with Crippen LogP contribution in [-0.2, 0) is 12.8 Å². The second kappa shape index (κ2) is 8.35. The zero-order valence-corrected chi connectivity index (χ0v) is 15.5. The van der Waals surface area contributed by atoms with Gasteiger partial charge in [-0.15, -0.1) is 11.3 Å². The summed E-state index contributed by atoms with van der Waals surface area (Å²) in [5, 5.41) is 12.8. The summed E-state index contributed by atoms with van der Waals surface area (Å²) < 4.78 is 34.7. The first-order chi connectivity index (χ1) is 13.0. The highest BCUT2D eigenvalue weighted by Crippen LogP contribution is 2.38. The number of fused-ring (bicyclic) bond motifs is 1. The Labute approximate surface area is 159 Å². The Hall–Kier alpha value is -2.66. The van der Waals surface area contributed by atoms with Gasteiger partial charge in [0.15, 0.2) is 11.5 Å². The van der Waals surface area contributed by atoms with Crippen molar-refractivity contribution in [3.8, 4) is 17.6 Å². The van der Waals surface area contributed by atoms with Gasteiger partial charge >= 0.3 is 6.61 Å². The second-order valence-corrected chi connectivity index (χ2v) is 7.06. The molecule has 0 saturated carbocycles. The van der Waals surface area contributed by atoms with E-state index in [1.54, 1.807) is 6.92 Å². The number of nitriles is 1. The maximum atomic E-state index is 12.6. The molecule has 0 aliphatic heterocycles. The number of ether oxygens (including phenoxy) is 2. The van der Waals surface area contributed by atoms with Crippen molar-refractivity contribution in [2.45, 2.75) is 39.2 Å². The third-order valence-electron chi connectivity index (χ3n) is 4.23. The van der Waals surface area contributed by atoms with Crippen LogP contribution in [0.3, 0.4) is 0 Å². The summed E-state index contributed by atoms with van der Waals surface area (Å²) in [6.07, 6.45) is 3.88. The number of halogens is 2.